The van der Waals surface area contributed by atoms with Crippen molar-refractivity contribution in [1.29, 1.82) is 5.26 Å². The second-order valence-electron chi connectivity index (χ2n) is 8.12. The number of nitrogens with zero attached hydrogens (tertiary/aromatic N) is 3. The molecule has 0 bridgehead atoms. The Kier molecular flexibility index (Phi) is 6.46. The number of aryl methyl sites for hydroxylation is 2. The highest BCUT2D eigenvalue weighted by molar-refractivity contribution is 5.91. The zero-order chi connectivity index (χ0) is 22.5. The summed E-state index contributed by atoms with van der Waals surface area (Å²) < 4.78 is 11.7. The third kappa shape index (κ3) is 4.94. The van der Waals surface area contributed by atoms with Crippen molar-refractivity contribution in [2.24, 2.45) is 0 Å². The van der Waals surface area contributed by atoms with E-state index in [-0.39, 0.29) is 12.5 Å². The lowest BCUT2D eigenvalue weighted by Gasteiger charge is -2.23. The smallest absolute Gasteiger partial charge is 0.289 e. The molecule has 0 radical (unpaired) electrons. The molecule has 6 heteroatoms. The lowest BCUT2D eigenvalue weighted by atomic mass is 10.1. The van der Waals surface area contributed by atoms with E-state index in [2.05, 4.69) is 17.0 Å². The fourth-order valence-electron chi connectivity index (χ4n) is 3.96. The van der Waals surface area contributed by atoms with Crippen LogP contribution in [0.2, 0.25) is 0 Å². The highest BCUT2D eigenvalue weighted by Gasteiger charge is 2.23. The van der Waals surface area contributed by atoms with Crippen LogP contribution in [0.5, 0.6) is 5.75 Å². The van der Waals surface area contributed by atoms with Crippen LogP contribution in [-0.2, 0) is 6.61 Å². The van der Waals surface area contributed by atoms with Crippen molar-refractivity contribution in [1.82, 2.24) is 4.90 Å². The minimum atomic E-state index is -0.0931. The van der Waals surface area contributed by atoms with Gasteiger partial charge in [0, 0.05) is 31.9 Å². The Labute approximate surface area is 188 Å². The summed E-state index contributed by atoms with van der Waals surface area (Å²) in [6.07, 6.45) is 0.870. The number of furan rings is 1. The van der Waals surface area contributed by atoms with Crippen molar-refractivity contribution in [3.8, 4) is 11.8 Å². The third-order valence-electron chi connectivity index (χ3n) is 5.72. The van der Waals surface area contributed by atoms with Crippen LogP contribution in [0.15, 0.2) is 59.0 Å². The fraction of sp³-hybridized carbons (Fsp3) is 0.308. The normalized spacial score (nSPS) is 14.0. The summed E-state index contributed by atoms with van der Waals surface area (Å²) in [4.78, 5) is 17.1. The minimum absolute atomic E-state index is 0.0931. The lowest BCUT2D eigenvalue weighted by Crippen LogP contribution is -2.35. The van der Waals surface area contributed by atoms with Gasteiger partial charge in [0.05, 0.1) is 11.6 Å². The van der Waals surface area contributed by atoms with Gasteiger partial charge < -0.3 is 19.0 Å². The van der Waals surface area contributed by atoms with Crippen LogP contribution in [-0.4, -0.2) is 37.0 Å². The van der Waals surface area contributed by atoms with Crippen LogP contribution in [0.25, 0.3) is 0 Å². The van der Waals surface area contributed by atoms with Crippen LogP contribution in [0.1, 0.15) is 39.4 Å². The molecule has 0 atom stereocenters. The molecule has 0 spiro atoms. The molecule has 0 unspecified atom stereocenters. The molecule has 0 aliphatic carbocycles. The van der Waals surface area contributed by atoms with Crippen molar-refractivity contribution in [3.05, 3.63) is 82.8 Å². The van der Waals surface area contributed by atoms with Gasteiger partial charge in [-0.2, -0.15) is 5.26 Å². The largest absolute Gasteiger partial charge is 0.485 e. The van der Waals surface area contributed by atoms with Gasteiger partial charge in [-0.05, 0) is 68.3 Å². The van der Waals surface area contributed by atoms with E-state index >= 15 is 0 Å². The highest BCUT2D eigenvalue weighted by atomic mass is 16.5. The Hall–Kier alpha value is -3.72. The summed E-state index contributed by atoms with van der Waals surface area (Å²) in [5.74, 6) is 1.69. The second kappa shape index (κ2) is 9.61. The summed E-state index contributed by atoms with van der Waals surface area (Å²) in [5.41, 5.74) is 3.98. The quantitative estimate of drug-likeness (QED) is 0.588. The number of anilines is 1. The molecule has 164 valence electrons. The maximum atomic E-state index is 13.0. The Morgan fingerprint density at radius 1 is 1.03 bits per heavy atom. The van der Waals surface area contributed by atoms with E-state index in [1.165, 1.54) is 5.56 Å². The van der Waals surface area contributed by atoms with Crippen LogP contribution in [0, 0.1) is 25.2 Å². The first-order valence-corrected chi connectivity index (χ1v) is 10.9. The molecule has 0 N–H and O–H groups in total. The molecule has 1 amide bonds. The number of rotatable bonds is 5. The fourth-order valence-corrected chi connectivity index (χ4v) is 3.96. The molecule has 4 rings (SSSR count). The van der Waals surface area contributed by atoms with Crippen LogP contribution in [0.3, 0.4) is 0 Å². The Morgan fingerprint density at radius 3 is 2.59 bits per heavy atom. The molecule has 1 saturated heterocycles. The summed E-state index contributed by atoms with van der Waals surface area (Å²) in [6, 6.07) is 19.3. The number of nitriles is 1. The zero-order valence-electron chi connectivity index (χ0n) is 18.5. The van der Waals surface area contributed by atoms with Crippen LogP contribution in [0.4, 0.5) is 5.69 Å². The zero-order valence-corrected chi connectivity index (χ0v) is 18.5. The maximum absolute atomic E-state index is 13.0. The van der Waals surface area contributed by atoms with E-state index in [0.29, 0.717) is 30.2 Å². The summed E-state index contributed by atoms with van der Waals surface area (Å²) in [6.45, 7) is 7.25. The number of carbonyl (C=O) groups excluding carboxylic acids is 1. The number of amides is 1. The maximum Gasteiger partial charge on any atom is 0.289 e. The average molecular weight is 430 g/mol. The van der Waals surface area contributed by atoms with Crippen molar-refractivity contribution in [2.45, 2.75) is 26.9 Å². The van der Waals surface area contributed by atoms with E-state index in [9.17, 15) is 4.79 Å². The molecule has 3 aromatic rings. The van der Waals surface area contributed by atoms with Gasteiger partial charge in [0.25, 0.3) is 5.91 Å². The number of hydrogen-bond acceptors (Lipinski definition) is 5. The van der Waals surface area contributed by atoms with Crippen molar-refractivity contribution in [2.75, 3.05) is 31.1 Å². The monoisotopic (exact) mass is 429 g/mol. The van der Waals surface area contributed by atoms with E-state index < -0.39 is 0 Å². The molecule has 1 aromatic heterocycles. The predicted octanol–water partition coefficient (Wildman–Crippen LogP) is 4.70. The first kappa shape index (κ1) is 21.5. The van der Waals surface area contributed by atoms with Gasteiger partial charge in [0.1, 0.15) is 18.1 Å². The van der Waals surface area contributed by atoms with Crippen molar-refractivity contribution >= 4 is 11.6 Å². The van der Waals surface area contributed by atoms with Crippen LogP contribution >= 0.6 is 0 Å². The second-order valence-corrected chi connectivity index (χ2v) is 8.12. The topological polar surface area (TPSA) is 69.7 Å². The summed E-state index contributed by atoms with van der Waals surface area (Å²) in [5, 5.41) is 8.98. The summed E-state index contributed by atoms with van der Waals surface area (Å²) >= 11 is 0. The molecular formula is C26H27N3O3. The molecule has 1 aliphatic heterocycles. The van der Waals surface area contributed by atoms with Gasteiger partial charge in [-0.15, -0.1) is 0 Å². The number of hydrogen-bond donors (Lipinski definition) is 0. The van der Waals surface area contributed by atoms with E-state index in [4.69, 9.17) is 14.4 Å². The van der Waals surface area contributed by atoms with Gasteiger partial charge in [-0.3, -0.25) is 4.79 Å². The van der Waals surface area contributed by atoms with Gasteiger partial charge in [0.15, 0.2) is 5.76 Å². The molecule has 2 aromatic carbocycles. The highest BCUT2D eigenvalue weighted by Crippen LogP contribution is 2.22. The first-order chi connectivity index (χ1) is 15.5. The van der Waals surface area contributed by atoms with Gasteiger partial charge in [-0.25, -0.2) is 0 Å². The average Bonchev–Trinajstić information content (AvgIpc) is 3.14. The molecular weight excluding hydrogens is 402 g/mol. The Balaban J connectivity index is 1.35. The molecule has 2 heterocycles. The number of carbonyl (C=O) groups is 1. The van der Waals surface area contributed by atoms with Crippen molar-refractivity contribution < 1.29 is 13.9 Å². The SMILES string of the molecule is Cc1ccc(OCc2ccc(C(=O)N3CCCN(c4ccc(C#N)cc4)CC3)o2)c(C)c1. The van der Waals surface area contributed by atoms with Gasteiger partial charge in [-0.1, -0.05) is 17.7 Å². The Bertz CT molecular complexity index is 1130. The van der Waals surface area contributed by atoms with Gasteiger partial charge in [0.2, 0.25) is 0 Å². The van der Waals surface area contributed by atoms with E-state index in [1.54, 1.807) is 12.1 Å². The number of benzene rings is 2. The molecule has 1 fully saturated rings. The predicted molar refractivity (Wildman–Crippen MR) is 123 cm³/mol. The molecule has 0 saturated carbocycles. The first-order valence-electron chi connectivity index (χ1n) is 10.9. The molecule has 1 aliphatic rings. The van der Waals surface area contributed by atoms with E-state index in [1.807, 2.05) is 55.1 Å². The minimum Gasteiger partial charge on any atom is -0.485 e. The number of ether oxygens (including phenoxy) is 1. The van der Waals surface area contributed by atoms with E-state index in [0.717, 1.165) is 36.5 Å². The van der Waals surface area contributed by atoms with Crippen molar-refractivity contribution in [3.63, 3.8) is 0 Å². The standard InChI is InChI=1S/C26H27N3O3/c1-19-4-10-24(20(2)16-19)31-18-23-9-11-25(32-23)26(30)29-13-3-12-28(14-15-29)22-7-5-21(17-27)6-8-22/h4-11,16H,3,12-15,18H2,1-2H3. The summed E-state index contributed by atoms with van der Waals surface area (Å²) in [7, 11) is 0. The Morgan fingerprint density at radius 2 is 1.84 bits per heavy atom. The molecule has 32 heavy (non-hydrogen) atoms. The molecule has 6 nitrogen and oxygen atoms in total. The lowest BCUT2D eigenvalue weighted by molar-refractivity contribution is 0.0731. The van der Waals surface area contributed by atoms with Gasteiger partial charge >= 0.3 is 0 Å². The third-order valence-corrected chi connectivity index (χ3v) is 5.72. The van der Waals surface area contributed by atoms with Crippen LogP contribution < -0.4 is 9.64 Å².